The molecule has 2 aromatic heterocycles. The van der Waals surface area contributed by atoms with Crippen LogP contribution in [0.5, 0.6) is 0 Å². The third-order valence-electron chi connectivity index (χ3n) is 4.46. The summed E-state index contributed by atoms with van der Waals surface area (Å²) >= 11 is 0. The molecule has 1 unspecified atom stereocenters. The van der Waals surface area contributed by atoms with Crippen LogP contribution >= 0.6 is 0 Å². The van der Waals surface area contributed by atoms with Gasteiger partial charge in [0.2, 0.25) is 0 Å². The van der Waals surface area contributed by atoms with Gasteiger partial charge in [0.25, 0.3) is 5.91 Å². The predicted molar refractivity (Wildman–Crippen MR) is 93.5 cm³/mol. The van der Waals surface area contributed by atoms with Crippen LogP contribution in [0.4, 0.5) is 0 Å². The fraction of sp³-hybridized carbons (Fsp3) is 0.556. The molecule has 1 N–H and O–H groups in total. The van der Waals surface area contributed by atoms with Crippen molar-refractivity contribution in [1.82, 2.24) is 19.6 Å². The number of piperazine rings is 1. The van der Waals surface area contributed by atoms with E-state index >= 15 is 0 Å². The van der Waals surface area contributed by atoms with Gasteiger partial charge in [-0.1, -0.05) is 0 Å². The molecule has 1 aliphatic rings. The second-order valence-corrected chi connectivity index (χ2v) is 6.79. The summed E-state index contributed by atoms with van der Waals surface area (Å²) in [6, 6.07) is 5.60. The van der Waals surface area contributed by atoms with Gasteiger partial charge >= 0.3 is 0 Å². The lowest BCUT2D eigenvalue weighted by atomic mass is 10.2. The van der Waals surface area contributed by atoms with E-state index in [9.17, 15) is 9.90 Å². The van der Waals surface area contributed by atoms with Gasteiger partial charge in [-0.3, -0.25) is 14.4 Å². The second kappa shape index (κ2) is 7.41. The quantitative estimate of drug-likeness (QED) is 0.883. The smallest absolute Gasteiger partial charge is 0.289 e. The molecule has 1 fully saturated rings. The Balaban J connectivity index is 1.59. The molecule has 1 amide bonds. The Kier molecular flexibility index (Phi) is 5.24. The molecular formula is C18H26N4O3. The molecule has 0 saturated carbocycles. The molecule has 1 aliphatic heterocycles. The molecular weight excluding hydrogens is 320 g/mol. The lowest BCUT2D eigenvalue weighted by Crippen LogP contribution is -2.50. The Morgan fingerprint density at radius 2 is 2.00 bits per heavy atom. The molecule has 0 spiro atoms. The first-order chi connectivity index (χ1) is 11.9. The number of aliphatic hydroxyl groups is 1. The van der Waals surface area contributed by atoms with Crippen molar-refractivity contribution in [1.29, 1.82) is 0 Å². The standard InChI is InChI=1S/C18H26N4O3/c1-13-10-14(2)22(19-13)12-16-4-5-17(25-16)18(24)21-8-6-20(7-9-21)11-15(3)23/h4-5,10,15,23H,6-9,11-12H2,1-3H3. The van der Waals surface area contributed by atoms with Crippen molar-refractivity contribution in [3.63, 3.8) is 0 Å². The van der Waals surface area contributed by atoms with E-state index in [0.717, 1.165) is 30.2 Å². The summed E-state index contributed by atoms with van der Waals surface area (Å²) in [5, 5.41) is 13.9. The van der Waals surface area contributed by atoms with Crippen LogP contribution in [0, 0.1) is 13.8 Å². The zero-order chi connectivity index (χ0) is 18.0. The highest BCUT2D eigenvalue weighted by atomic mass is 16.4. The molecule has 0 aliphatic carbocycles. The van der Waals surface area contributed by atoms with E-state index in [1.54, 1.807) is 13.0 Å². The number of furan rings is 1. The molecule has 3 rings (SSSR count). The van der Waals surface area contributed by atoms with Gasteiger partial charge in [-0.15, -0.1) is 0 Å². The van der Waals surface area contributed by atoms with Gasteiger partial charge in [0.1, 0.15) is 5.76 Å². The average Bonchev–Trinajstić information content (AvgIpc) is 3.14. The van der Waals surface area contributed by atoms with Gasteiger partial charge in [-0.25, -0.2) is 0 Å². The zero-order valence-corrected chi connectivity index (χ0v) is 15.1. The second-order valence-electron chi connectivity index (χ2n) is 6.79. The van der Waals surface area contributed by atoms with Gasteiger partial charge in [-0.2, -0.15) is 5.10 Å². The van der Waals surface area contributed by atoms with E-state index < -0.39 is 0 Å². The predicted octanol–water partition coefficient (Wildman–Crippen LogP) is 1.28. The van der Waals surface area contributed by atoms with Gasteiger partial charge in [0.15, 0.2) is 5.76 Å². The number of β-amino-alcohol motifs (C(OH)–C–C–N with tert-alkyl or cyclic N) is 1. The van der Waals surface area contributed by atoms with Crippen LogP contribution < -0.4 is 0 Å². The van der Waals surface area contributed by atoms with Crippen LogP contribution in [0.3, 0.4) is 0 Å². The number of rotatable bonds is 5. The van der Waals surface area contributed by atoms with Gasteiger partial charge in [-0.05, 0) is 39.0 Å². The summed E-state index contributed by atoms with van der Waals surface area (Å²) < 4.78 is 7.62. The highest BCUT2D eigenvalue weighted by molar-refractivity contribution is 5.91. The highest BCUT2D eigenvalue weighted by Crippen LogP contribution is 2.15. The summed E-state index contributed by atoms with van der Waals surface area (Å²) in [5.41, 5.74) is 2.03. The van der Waals surface area contributed by atoms with Crippen LogP contribution in [-0.2, 0) is 6.54 Å². The number of hydrogen-bond donors (Lipinski definition) is 1. The van der Waals surface area contributed by atoms with E-state index in [1.807, 2.05) is 35.6 Å². The van der Waals surface area contributed by atoms with Gasteiger partial charge in [0.05, 0.1) is 18.3 Å². The van der Waals surface area contributed by atoms with Crippen LogP contribution in [0.2, 0.25) is 0 Å². The summed E-state index contributed by atoms with van der Waals surface area (Å²) in [7, 11) is 0. The molecule has 7 heteroatoms. The zero-order valence-electron chi connectivity index (χ0n) is 15.1. The van der Waals surface area contributed by atoms with E-state index in [4.69, 9.17) is 4.42 Å². The summed E-state index contributed by atoms with van der Waals surface area (Å²) in [6.07, 6.45) is -0.343. The molecule has 2 aromatic rings. The fourth-order valence-corrected chi connectivity index (χ4v) is 3.22. The number of aliphatic hydroxyl groups excluding tert-OH is 1. The van der Waals surface area contributed by atoms with Crippen molar-refractivity contribution < 1.29 is 14.3 Å². The van der Waals surface area contributed by atoms with Crippen LogP contribution in [0.1, 0.15) is 34.6 Å². The van der Waals surface area contributed by atoms with Crippen LogP contribution in [0.25, 0.3) is 0 Å². The van der Waals surface area contributed by atoms with Crippen molar-refractivity contribution in [2.45, 2.75) is 33.4 Å². The third kappa shape index (κ3) is 4.29. The molecule has 25 heavy (non-hydrogen) atoms. The number of amides is 1. The van der Waals surface area contributed by atoms with Crippen molar-refractivity contribution in [3.8, 4) is 0 Å². The van der Waals surface area contributed by atoms with Gasteiger partial charge in [0, 0.05) is 38.4 Å². The molecule has 1 atom stereocenters. The van der Waals surface area contributed by atoms with E-state index in [-0.39, 0.29) is 12.0 Å². The Morgan fingerprint density at radius 3 is 2.60 bits per heavy atom. The largest absolute Gasteiger partial charge is 0.454 e. The number of aromatic nitrogens is 2. The maximum absolute atomic E-state index is 12.6. The number of aryl methyl sites for hydroxylation is 2. The summed E-state index contributed by atoms with van der Waals surface area (Å²) in [6.45, 7) is 9.76. The Hall–Kier alpha value is -2.12. The van der Waals surface area contributed by atoms with Crippen molar-refractivity contribution in [2.24, 2.45) is 0 Å². The topological polar surface area (TPSA) is 74.7 Å². The molecule has 1 saturated heterocycles. The lowest BCUT2D eigenvalue weighted by Gasteiger charge is -2.34. The van der Waals surface area contributed by atoms with Crippen molar-refractivity contribution in [3.05, 3.63) is 41.1 Å². The minimum atomic E-state index is -0.343. The minimum absolute atomic E-state index is 0.0729. The van der Waals surface area contributed by atoms with Crippen molar-refractivity contribution >= 4 is 5.91 Å². The van der Waals surface area contributed by atoms with E-state index in [1.165, 1.54) is 0 Å². The number of hydrogen-bond acceptors (Lipinski definition) is 5. The Labute approximate surface area is 147 Å². The first-order valence-electron chi connectivity index (χ1n) is 8.72. The first kappa shape index (κ1) is 17.7. The minimum Gasteiger partial charge on any atom is -0.454 e. The lowest BCUT2D eigenvalue weighted by molar-refractivity contribution is 0.0526. The molecule has 136 valence electrons. The number of carbonyl (C=O) groups is 1. The maximum Gasteiger partial charge on any atom is 0.289 e. The number of nitrogens with zero attached hydrogens (tertiary/aromatic N) is 4. The summed E-state index contributed by atoms with van der Waals surface area (Å²) in [4.78, 5) is 16.6. The molecule has 0 radical (unpaired) electrons. The van der Waals surface area contributed by atoms with Crippen molar-refractivity contribution in [2.75, 3.05) is 32.7 Å². The molecule has 7 nitrogen and oxygen atoms in total. The Morgan fingerprint density at radius 1 is 1.28 bits per heavy atom. The maximum atomic E-state index is 12.6. The monoisotopic (exact) mass is 346 g/mol. The highest BCUT2D eigenvalue weighted by Gasteiger charge is 2.24. The fourth-order valence-electron chi connectivity index (χ4n) is 3.22. The third-order valence-corrected chi connectivity index (χ3v) is 4.46. The Bertz CT molecular complexity index is 727. The SMILES string of the molecule is Cc1cc(C)n(Cc2ccc(C(=O)N3CCN(CC(C)O)CC3)o2)n1. The average molecular weight is 346 g/mol. The normalized spacial score (nSPS) is 17.0. The molecule has 3 heterocycles. The number of carbonyl (C=O) groups excluding carboxylic acids is 1. The molecule has 0 bridgehead atoms. The molecule has 0 aromatic carbocycles. The first-order valence-corrected chi connectivity index (χ1v) is 8.72. The summed E-state index contributed by atoms with van der Waals surface area (Å²) in [5.74, 6) is 1.03. The van der Waals surface area contributed by atoms with E-state index in [0.29, 0.717) is 31.9 Å². The van der Waals surface area contributed by atoms with Crippen LogP contribution in [0.15, 0.2) is 22.6 Å². The van der Waals surface area contributed by atoms with Gasteiger partial charge < -0.3 is 14.4 Å². The van der Waals surface area contributed by atoms with Crippen LogP contribution in [-0.4, -0.2) is 69.4 Å². The van der Waals surface area contributed by atoms with E-state index in [2.05, 4.69) is 10.00 Å².